The van der Waals surface area contributed by atoms with Crippen molar-refractivity contribution in [1.29, 1.82) is 0 Å². The highest BCUT2D eigenvalue weighted by Gasteiger charge is 2.36. The van der Waals surface area contributed by atoms with Crippen molar-refractivity contribution in [3.05, 3.63) is 58.5 Å². The third kappa shape index (κ3) is 4.76. The van der Waals surface area contributed by atoms with E-state index in [-0.39, 0.29) is 22.5 Å². The van der Waals surface area contributed by atoms with E-state index in [2.05, 4.69) is 25.4 Å². The molecule has 1 aliphatic carbocycles. The standard InChI is InChI=1S/C21H18N6O4S3/c22-16-8-7-15-20(25-16)33-21(24-15)26-19(28)18(27-31-11-17-23-9-10-32-17)12-1-3-13(4-2-12)34(29,30)14-5-6-14/h1-4,7-10,14H,5-6,11H2,(H2,22,25)(H,24,26,28). The number of carbonyl (C=O) groups is 1. The van der Waals surface area contributed by atoms with Crippen molar-refractivity contribution in [2.45, 2.75) is 29.6 Å². The number of carbonyl (C=O) groups excluding carboxylic acids is 1. The molecule has 0 aliphatic heterocycles. The molecule has 1 aliphatic rings. The summed E-state index contributed by atoms with van der Waals surface area (Å²) in [6.45, 7) is 0.0902. The fourth-order valence-electron chi connectivity index (χ4n) is 3.12. The molecule has 1 saturated carbocycles. The minimum atomic E-state index is -3.35. The third-order valence-electron chi connectivity index (χ3n) is 4.96. The van der Waals surface area contributed by atoms with E-state index >= 15 is 0 Å². The topological polar surface area (TPSA) is 150 Å². The van der Waals surface area contributed by atoms with E-state index in [1.807, 2.05) is 5.38 Å². The highest BCUT2D eigenvalue weighted by atomic mass is 32.2. The molecule has 1 fully saturated rings. The number of amides is 1. The highest BCUT2D eigenvalue weighted by molar-refractivity contribution is 7.92. The summed E-state index contributed by atoms with van der Waals surface area (Å²) < 4.78 is 25.0. The van der Waals surface area contributed by atoms with E-state index < -0.39 is 15.7 Å². The Kier molecular flexibility index (Phi) is 5.98. The number of pyridine rings is 1. The van der Waals surface area contributed by atoms with Crippen LogP contribution in [0.25, 0.3) is 10.3 Å². The number of nitrogen functional groups attached to an aromatic ring is 1. The minimum absolute atomic E-state index is 0.0290. The Balaban J connectivity index is 1.41. The van der Waals surface area contributed by atoms with E-state index in [1.165, 1.54) is 34.8 Å². The number of hydrogen-bond acceptors (Lipinski definition) is 11. The van der Waals surface area contributed by atoms with Crippen molar-refractivity contribution in [3.63, 3.8) is 0 Å². The van der Waals surface area contributed by atoms with Gasteiger partial charge in [0.15, 0.2) is 27.3 Å². The molecule has 3 heterocycles. The van der Waals surface area contributed by atoms with E-state index in [1.54, 1.807) is 30.5 Å². The molecule has 0 saturated heterocycles. The molecule has 34 heavy (non-hydrogen) atoms. The van der Waals surface area contributed by atoms with Gasteiger partial charge in [-0.2, -0.15) is 0 Å². The fourth-order valence-corrected chi connectivity index (χ4v) is 6.13. The van der Waals surface area contributed by atoms with Gasteiger partial charge in [-0.05, 0) is 37.1 Å². The second-order valence-electron chi connectivity index (χ2n) is 7.44. The van der Waals surface area contributed by atoms with Crippen LogP contribution in [0.2, 0.25) is 0 Å². The summed E-state index contributed by atoms with van der Waals surface area (Å²) in [4.78, 5) is 32.0. The van der Waals surface area contributed by atoms with Crippen LogP contribution in [-0.4, -0.2) is 40.2 Å². The van der Waals surface area contributed by atoms with E-state index in [0.717, 1.165) is 0 Å². The largest absolute Gasteiger partial charge is 0.388 e. The van der Waals surface area contributed by atoms with Gasteiger partial charge in [0.2, 0.25) is 0 Å². The second kappa shape index (κ2) is 9.08. The number of thiazole rings is 2. The number of nitrogens with one attached hydrogen (secondary N) is 1. The molecule has 0 radical (unpaired) electrons. The molecule has 13 heteroatoms. The van der Waals surface area contributed by atoms with Gasteiger partial charge >= 0.3 is 0 Å². The fraction of sp³-hybridized carbons (Fsp3) is 0.190. The van der Waals surface area contributed by atoms with Gasteiger partial charge < -0.3 is 10.6 Å². The number of sulfone groups is 1. The average molecular weight is 515 g/mol. The summed E-state index contributed by atoms with van der Waals surface area (Å²) in [6, 6.07) is 9.40. The molecule has 174 valence electrons. The van der Waals surface area contributed by atoms with Crippen LogP contribution in [0, 0.1) is 0 Å². The maximum absolute atomic E-state index is 13.1. The summed E-state index contributed by atoms with van der Waals surface area (Å²) >= 11 is 2.57. The van der Waals surface area contributed by atoms with Crippen LogP contribution in [0.15, 0.2) is 58.0 Å². The van der Waals surface area contributed by atoms with Crippen LogP contribution >= 0.6 is 22.7 Å². The highest BCUT2D eigenvalue weighted by Crippen LogP contribution is 2.33. The summed E-state index contributed by atoms with van der Waals surface area (Å²) in [7, 11) is -3.35. The SMILES string of the molecule is Nc1ccc2nc(NC(=O)C(=NOCc3nccs3)c3ccc(S(=O)(=O)C4CC4)cc3)sc2n1. The number of hydrogen-bond donors (Lipinski definition) is 2. The van der Waals surface area contributed by atoms with E-state index in [0.29, 0.717) is 44.7 Å². The number of aromatic nitrogens is 3. The first-order valence-corrected chi connectivity index (χ1v) is 13.4. The van der Waals surface area contributed by atoms with Crippen LogP contribution < -0.4 is 11.1 Å². The Labute approximate surface area is 202 Å². The smallest absolute Gasteiger partial charge is 0.280 e. The normalized spacial score (nSPS) is 14.3. The number of rotatable bonds is 8. The zero-order chi connectivity index (χ0) is 23.7. The van der Waals surface area contributed by atoms with Crippen LogP contribution in [0.3, 0.4) is 0 Å². The zero-order valence-corrected chi connectivity index (χ0v) is 20.0. The summed E-state index contributed by atoms with van der Waals surface area (Å²) in [5.41, 5.74) is 6.69. The Morgan fingerprint density at radius 2 is 1.97 bits per heavy atom. The number of oxime groups is 1. The predicted molar refractivity (Wildman–Crippen MR) is 131 cm³/mol. The first-order chi connectivity index (χ1) is 16.4. The van der Waals surface area contributed by atoms with Crippen LogP contribution in [0.4, 0.5) is 10.9 Å². The van der Waals surface area contributed by atoms with Gasteiger partial charge in [0.1, 0.15) is 21.2 Å². The monoisotopic (exact) mass is 514 g/mol. The molecule has 0 spiro atoms. The molecule has 0 unspecified atom stereocenters. The number of nitrogens with two attached hydrogens (primary N) is 1. The van der Waals surface area contributed by atoms with Crippen molar-refractivity contribution in [3.8, 4) is 0 Å². The molecule has 0 bridgehead atoms. The molecule has 0 atom stereocenters. The zero-order valence-electron chi connectivity index (χ0n) is 17.5. The van der Waals surface area contributed by atoms with Crippen molar-refractivity contribution in [2.75, 3.05) is 11.1 Å². The van der Waals surface area contributed by atoms with Crippen molar-refractivity contribution in [1.82, 2.24) is 15.0 Å². The van der Waals surface area contributed by atoms with E-state index in [9.17, 15) is 13.2 Å². The molecule has 1 aromatic carbocycles. The Morgan fingerprint density at radius 3 is 2.68 bits per heavy atom. The lowest BCUT2D eigenvalue weighted by molar-refractivity contribution is -0.110. The maximum Gasteiger partial charge on any atom is 0.280 e. The van der Waals surface area contributed by atoms with Gasteiger partial charge in [-0.3, -0.25) is 10.1 Å². The first-order valence-electron chi connectivity index (χ1n) is 10.2. The lowest BCUT2D eigenvalue weighted by Gasteiger charge is -2.08. The average Bonchev–Trinajstić information content (AvgIpc) is 3.43. The molecular formula is C21H18N6O4S3. The van der Waals surface area contributed by atoms with E-state index in [4.69, 9.17) is 10.6 Å². The van der Waals surface area contributed by atoms with Gasteiger partial charge in [0, 0.05) is 17.1 Å². The first kappa shape index (κ1) is 22.4. The summed E-state index contributed by atoms with van der Waals surface area (Å²) in [5, 5.41) is 9.25. The number of fused-ring (bicyclic) bond motifs is 1. The minimum Gasteiger partial charge on any atom is -0.388 e. The number of nitrogens with zero attached hydrogens (tertiary/aromatic N) is 4. The van der Waals surface area contributed by atoms with Crippen molar-refractivity contribution in [2.24, 2.45) is 5.16 Å². The molecule has 1 amide bonds. The van der Waals surface area contributed by atoms with Gasteiger partial charge in [-0.15, -0.1) is 11.3 Å². The third-order valence-corrected chi connectivity index (χ3v) is 8.87. The molecule has 4 aromatic rings. The predicted octanol–water partition coefficient (Wildman–Crippen LogP) is 3.23. The van der Waals surface area contributed by atoms with Crippen LogP contribution in [0.1, 0.15) is 23.4 Å². The Hall–Kier alpha value is -3.42. The van der Waals surface area contributed by atoms with Gasteiger partial charge in [-0.25, -0.2) is 23.4 Å². The summed E-state index contributed by atoms with van der Waals surface area (Å²) in [5.74, 6) is -0.211. The van der Waals surface area contributed by atoms with Gasteiger partial charge in [0.05, 0.1) is 10.1 Å². The molecular weight excluding hydrogens is 496 g/mol. The quantitative estimate of drug-likeness (QED) is 0.269. The Morgan fingerprint density at radius 1 is 1.18 bits per heavy atom. The number of benzene rings is 1. The molecule has 3 aromatic heterocycles. The lowest BCUT2D eigenvalue weighted by Crippen LogP contribution is -2.24. The lowest BCUT2D eigenvalue weighted by atomic mass is 10.1. The molecule has 10 nitrogen and oxygen atoms in total. The summed E-state index contributed by atoms with van der Waals surface area (Å²) in [6.07, 6.45) is 2.99. The van der Waals surface area contributed by atoms with Gasteiger partial charge in [-0.1, -0.05) is 28.6 Å². The van der Waals surface area contributed by atoms with Crippen LogP contribution in [-0.2, 0) is 26.1 Å². The van der Waals surface area contributed by atoms with Crippen molar-refractivity contribution >= 4 is 65.4 Å². The number of anilines is 2. The van der Waals surface area contributed by atoms with Crippen molar-refractivity contribution < 1.29 is 18.0 Å². The Bertz CT molecular complexity index is 1480. The van der Waals surface area contributed by atoms with Crippen LogP contribution in [0.5, 0.6) is 0 Å². The molecule has 3 N–H and O–H groups in total. The van der Waals surface area contributed by atoms with Gasteiger partial charge in [0.25, 0.3) is 5.91 Å². The second-order valence-corrected chi connectivity index (χ2v) is 11.6. The maximum atomic E-state index is 13.1. The molecule has 5 rings (SSSR count).